The van der Waals surface area contributed by atoms with Gasteiger partial charge in [0.1, 0.15) is 5.82 Å². The highest BCUT2D eigenvalue weighted by Gasteiger charge is 2.29. The summed E-state index contributed by atoms with van der Waals surface area (Å²) in [5, 5.41) is 3.03. The lowest BCUT2D eigenvalue weighted by molar-refractivity contribution is -0.117. The monoisotopic (exact) mass is 333 g/mol. The summed E-state index contributed by atoms with van der Waals surface area (Å²) in [6, 6.07) is 16.5. The minimum absolute atomic E-state index is 0.157. The number of amides is 1. The van der Waals surface area contributed by atoms with Gasteiger partial charge in [-0.2, -0.15) is 0 Å². The van der Waals surface area contributed by atoms with E-state index in [4.69, 9.17) is 4.98 Å². The summed E-state index contributed by atoms with van der Waals surface area (Å²) in [5.41, 5.74) is 4.39. The molecule has 1 heterocycles. The van der Waals surface area contributed by atoms with Gasteiger partial charge in [0.2, 0.25) is 5.91 Å². The molecule has 0 aliphatic heterocycles. The summed E-state index contributed by atoms with van der Waals surface area (Å²) >= 11 is 0. The SMILES string of the molecule is CCn1c(CCc2cccc(NC(=O)C3CC3)c2)nc2ccccc21. The highest BCUT2D eigenvalue weighted by atomic mass is 16.2. The molecule has 4 nitrogen and oxygen atoms in total. The molecule has 3 aromatic rings. The second kappa shape index (κ2) is 6.71. The van der Waals surface area contributed by atoms with Crippen LogP contribution in [0.1, 0.15) is 31.2 Å². The average molecular weight is 333 g/mol. The van der Waals surface area contributed by atoms with Crippen molar-refractivity contribution < 1.29 is 4.79 Å². The average Bonchev–Trinajstić information content (AvgIpc) is 3.41. The lowest BCUT2D eigenvalue weighted by Crippen LogP contribution is -2.13. The Bertz CT molecular complexity index is 908. The number of aryl methyl sites for hydroxylation is 3. The zero-order chi connectivity index (χ0) is 17.2. The van der Waals surface area contributed by atoms with E-state index in [1.807, 2.05) is 18.2 Å². The van der Waals surface area contributed by atoms with E-state index in [9.17, 15) is 4.79 Å². The van der Waals surface area contributed by atoms with Crippen LogP contribution in [0.15, 0.2) is 48.5 Å². The molecule has 1 N–H and O–H groups in total. The minimum Gasteiger partial charge on any atom is -0.328 e. The molecule has 25 heavy (non-hydrogen) atoms. The highest BCUT2D eigenvalue weighted by Crippen LogP contribution is 2.30. The van der Waals surface area contributed by atoms with Crippen molar-refractivity contribution >= 4 is 22.6 Å². The number of aromatic nitrogens is 2. The number of nitrogens with one attached hydrogen (secondary N) is 1. The zero-order valence-corrected chi connectivity index (χ0v) is 14.5. The number of carbonyl (C=O) groups is 1. The minimum atomic E-state index is 0.157. The maximum Gasteiger partial charge on any atom is 0.227 e. The van der Waals surface area contributed by atoms with Gasteiger partial charge in [0.25, 0.3) is 0 Å². The van der Waals surface area contributed by atoms with Crippen LogP contribution in [0, 0.1) is 5.92 Å². The number of hydrogen-bond donors (Lipinski definition) is 1. The summed E-state index contributed by atoms with van der Waals surface area (Å²) in [6.07, 6.45) is 3.86. The van der Waals surface area contributed by atoms with Gasteiger partial charge in [0.05, 0.1) is 11.0 Å². The van der Waals surface area contributed by atoms with Gasteiger partial charge >= 0.3 is 0 Å². The summed E-state index contributed by atoms with van der Waals surface area (Å²) in [5.74, 6) is 1.51. The molecule has 1 aliphatic carbocycles. The Hall–Kier alpha value is -2.62. The molecule has 1 aliphatic rings. The van der Waals surface area contributed by atoms with Gasteiger partial charge in [0.15, 0.2) is 0 Å². The van der Waals surface area contributed by atoms with Crippen LogP contribution < -0.4 is 5.32 Å². The molecular weight excluding hydrogens is 310 g/mol. The molecule has 0 atom stereocenters. The molecule has 1 amide bonds. The molecule has 4 heteroatoms. The van der Waals surface area contributed by atoms with E-state index in [1.165, 1.54) is 11.1 Å². The Morgan fingerprint density at radius 2 is 2.00 bits per heavy atom. The van der Waals surface area contributed by atoms with Gasteiger partial charge in [-0.3, -0.25) is 4.79 Å². The maximum absolute atomic E-state index is 11.9. The van der Waals surface area contributed by atoms with E-state index < -0.39 is 0 Å². The smallest absolute Gasteiger partial charge is 0.227 e. The van der Waals surface area contributed by atoms with E-state index in [2.05, 4.69) is 47.1 Å². The van der Waals surface area contributed by atoms with Crippen LogP contribution in [0.3, 0.4) is 0 Å². The molecule has 128 valence electrons. The number of imidazole rings is 1. The molecule has 0 spiro atoms. The Kier molecular flexibility index (Phi) is 4.26. The van der Waals surface area contributed by atoms with Crippen molar-refractivity contribution in [2.75, 3.05) is 5.32 Å². The summed E-state index contributed by atoms with van der Waals surface area (Å²) in [4.78, 5) is 16.7. The Balaban J connectivity index is 1.48. The number of rotatable bonds is 6. The van der Waals surface area contributed by atoms with Crippen molar-refractivity contribution in [2.45, 2.75) is 39.2 Å². The Morgan fingerprint density at radius 1 is 1.16 bits per heavy atom. The van der Waals surface area contributed by atoms with E-state index >= 15 is 0 Å². The number of nitrogens with zero attached hydrogens (tertiary/aromatic N) is 2. The number of hydrogen-bond acceptors (Lipinski definition) is 2. The molecular formula is C21H23N3O. The van der Waals surface area contributed by atoms with E-state index in [-0.39, 0.29) is 11.8 Å². The summed E-state index contributed by atoms with van der Waals surface area (Å²) < 4.78 is 2.29. The van der Waals surface area contributed by atoms with E-state index in [0.717, 1.165) is 49.3 Å². The molecule has 1 saturated carbocycles. The normalized spacial score (nSPS) is 14.0. The van der Waals surface area contributed by atoms with Gasteiger partial charge in [-0.1, -0.05) is 24.3 Å². The maximum atomic E-state index is 11.9. The van der Waals surface area contributed by atoms with Crippen molar-refractivity contribution in [2.24, 2.45) is 5.92 Å². The van der Waals surface area contributed by atoms with Crippen molar-refractivity contribution in [1.29, 1.82) is 0 Å². The molecule has 0 unspecified atom stereocenters. The third kappa shape index (κ3) is 3.43. The molecule has 1 aromatic heterocycles. The number of para-hydroxylation sites is 2. The number of benzene rings is 2. The fourth-order valence-corrected chi connectivity index (χ4v) is 3.32. The predicted molar refractivity (Wildman–Crippen MR) is 101 cm³/mol. The molecule has 2 aromatic carbocycles. The first-order valence-electron chi connectivity index (χ1n) is 9.08. The molecule has 4 rings (SSSR count). The van der Waals surface area contributed by atoms with E-state index in [0.29, 0.717) is 0 Å². The lowest BCUT2D eigenvalue weighted by atomic mass is 10.1. The summed E-state index contributed by atoms with van der Waals surface area (Å²) in [7, 11) is 0. The molecule has 0 radical (unpaired) electrons. The van der Waals surface area contributed by atoms with Gasteiger partial charge in [0, 0.05) is 24.6 Å². The first-order valence-corrected chi connectivity index (χ1v) is 9.08. The van der Waals surface area contributed by atoms with Crippen molar-refractivity contribution in [3.8, 4) is 0 Å². The van der Waals surface area contributed by atoms with Gasteiger partial charge in [-0.25, -0.2) is 4.98 Å². The molecule has 1 fully saturated rings. The molecule has 0 saturated heterocycles. The fourth-order valence-electron chi connectivity index (χ4n) is 3.32. The number of anilines is 1. The zero-order valence-electron chi connectivity index (χ0n) is 14.5. The van der Waals surface area contributed by atoms with Crippen molar-refractivity contribution in [3.05, 3.63) is 59.9 Å². The summed E-state index contributed by atoms with van der Waals surface area (Å²) in [6.45, 7) is 3.08. The fraction of sp³-hybridized carbons (Fsp3) is 0.333. The quantitative estimate of drug-likeness (QED) is 0.735. The van der Waals surface area contributed by atoms with Crippen LogP contribution in [0.5, 0.6) is 0 Å². The van der Waals surface area contributed by atoms with Crippen LogP contribution >= 0.6 is 0 Å². The second-order valence-electron chi connectivity index (χ2n) is 6.72. The van der Waals surface area contributed by atoms with Gasteiger partial charge < -0.3 is 9.88 Å². The first kappa shape index (κ1) is 15.9. The third-order valence-corrected chi connectivity index (χ3v) is 4.83. The number of fused-ring (bicyclic) bond motifs is 1. The van der Waals surface area contributed by atoms with Crippen molar-refractivity contribution in [3.63, 3.8) is 0 Å². The van der Waals surface area contributed by atoms with Crippen LogP contribution in [-0.4, -0.2) is 15.5 Å². The standard InChI is InChI=1S/C21H23N3O/c1-2-24-19-9-4-3-8-18(19)23-20(24)13-10-15-6-5-7-17(14-15)22-21(25)16-11-12-16/h3-9,14,16H,2,10-13H2,1H3,(H,22,25). The lowest BCUT2D eigenvalue weighted by Gasteiger charge is -2.08. The van der Waals surface area contributed by atoms with Gasteiger partial charge in [-0.05, 0) is 56.0 Å². The van der Waals surface area contributed by atoms with Crippen LogP contribution in [0.25, 0.3) is 11.0 Å². The second-order valence-corrected chi connectivity index (χ2v) is 6.72. The van der Waals surface area contributed by atoms with E-state index in [1.54, 1.807) is 0 Å². The van der Waals surface area contributed by atoms with Gasteiger partial charge in [-0.15, -0.1) is 0 Å². The Morgan fingerprint density at radius 3 is 2.80 bits per heavy atom. The van der Waals surface area contributed by atoms with Crippen LogP contribution in [-0.2, 0) is 24.2 Å². The largest absolute Gasteiger partial charge is 0.328 e. The Labute approximate surface area is 147 Å². The molecule has 0 bridgehead atoms. The van der Waals surface area contributed by atoms with Crippen LogP contribution in [0.4, 0.5) is 5.69 Å². The van der Waals surface area contributed by atoms with Crippen LogP contribution in [0.2, 0.25) is 0 Å². The highest BCUT2D eigenvalue weighted by molar-refractivity contribution is 5.94. The predicted octanol–water partition coefficient (Wildman–Crippen LogP) is 4.19. The van der Waals surface area contributed by atoms with Crippen molar-refractivity contribution in [1.82, 2.24) is 9.55 Å². The third-order valence-electron chi connectivity index (χ3n) is 4.83. The topological polar surface area (TPSA) is 46.9 Å². The number of carbonyl (C=O) groups excluding carboxylic acids is 1. The first-order chi connectivity index (χ1) is 12.2.